The molecule has 244 valence electrons. The average molecular weight is 620 g/mol. The molecule has 0 unspecified atom stereocenters. The van der Waals surface area contributed by atoms with Crippen LogP contribution in [0.4, 0.5) is 0 Å². The van der Waals surface area contributed by atoms with Crippen molar-refractivity contribution in [1.29, 1.82) is 0 Å². The first-order valence-corrected chi connectivity index (χ1v) is 16.2. The highest BCUT2D eigenvalue weighted by atomic mass is 16.6. The first-order valence-electron chi connectivity index (χ1n) is 16.2. The number of hydrogen-bond acceptors (Lipinski definition) is 8. The van der Waals surface area contributed by atoms with Gasteiger partial charge in [-0.2, -0.15) is 0 Å². The fourth-order valence-electron chi connectivity index (χ4n) is 7.42. The second kappa shape index (κ2) is 13.1. The van der Waals surface area contributed by atoms with E-state index in [0.717, 1.165) is 16.5 Å². The van der Waals surface area contributed by atoms with Gasteiger partial charge in [-0.25, -0.2) is 0 Å². The van der Waals surface area contributed by atoms with Crippen LogP contribution in [0, 0.1) is 35.0 Å². The summed E-state index contributed by atoms with van der Waals surface area (Å²) in [5, 5.41) is 1.04. The maximum atomic E-state index is 14.2. The molecule has 2 fully saturated rings. The van der Waals surface area contributed by atoms with Crippen molar-refractivity contribution in [3.63, 3.8) is 0 Å². The third-order valence-corrected chi connectivity index (χ3v) is 11.2. The van der Waals surface area contributed by atoms with Gasteiger partial charge >= 0.3 is 11.9 Å². The number of esters is 2. The lowest BCUT2D eigenvalue weighted by atomic mass is 9.60. The van der Waals surface area contributed by atoms with Crippen LogP contribution < -0.4 is 0 Å². The molecule has 0 aliphatic carbocycles. The van der Waals surface area contributed by atoms with E-state index in [1.54, 1.807) is 13.8 Å². The van der Waals surface area contributed by atoms with Crippen LogP contribution in [0.1, 0.15) is 87.1 Å². The molecule has 0 saturated carbocycles. The van der Waals surface area contributed by atoms with Gasteiger partial charge in [0, 0.05) is 34.8 Å². The van der Waals surface area contributed by atoms with Gasteiger partial charge in [-0.15, -0.1) is 0 Å². The molecule has 0 amide bonds. The molecule has 8 heteroatoms. The van der Waals surface area contributed by atoms with E-state index in [4.69, 9.17) is 14.2 Å². The predicted molar refractivity (Wildman–Crippen MR) is 173 cm³/mol. The number of Topliss-reactive ketones (excluding diaryl/α,β-unsaturated/α-hetero) is 2. The number of fused-ring (bicyclic) bond motifs is 2. The molecule has 2 saturated heterocycles. The maximum absolute atomic E-state index is 14.2. The van der Waals surface area contributed by atoms with Crippen LogP contribution in [0.5, 0.6) is 0 Å². The molecule has 2 aromatic rings. The number of rotatable bonds is 5. The third kappa shape index (κ3) is 6.49. The Balaban J connectivity index is 1.66. The number of nitrogens with zero attached hydrogens (tertiary/aromatic N) is 1. The smallest absolute Gasteiger partial charge is 0.316 e. The Morgan fingerprint density at radius 1 is 1.00 bits per heavy atom. The van der Waals surface area contributed by atoms with E-state index < -0.39 is 58.3 Å². The minimum atomic E-state index is -1.24. The van der Waals surface area contributed by atoms with E-state index in [0.29, 0.717) is 12.8 Å². The van der Waals surface area contributed by atoms with Gasteiger partial charge in [-0.1, -0.05) is 71.9 Å². The Hall–Kier alpha value is -3.39. The lowest BCUT2D eigenvalue weighted by molar-refractivity contribution is -0.193. The first-order chi connectivity index (χ1) is 21.1. The lowest BCUT2D eigenvalue weighted by Gasteiger charge is -2.47. The van der Waals surface area contributed by atoms with Crippen molar-refractivity contribution < 1.29 is 33.4 Å². The van der Waals surface area contributed by atoms with Gasteiger partial charge in [0.2, 0.25) is 0 Å². The maximum Gasteiger partial charge on any atom is 0.316 e. The van der Waals surface area contributed by atoms with E-state index in [9.17, 15) is 19.2 Å². The monoisotopic (exact) mass is 619 g/mol. The van der Waals surface area contributed by atoms with Crippen LogP contribution >= 0.6 is 0 Å². The van der Waals surface area contributed by atoms with Gasteiger partial charge in [-0.3, -0.25) is 24.2 Å². The fourth-order valence-corrected chi connectivity index (χ4v) is 7.42. The third-order valence-electron chi connectivity index (χ3n) is 11.2. The van der Waals surface area contributed by atoms with E-state index in [-0.39, 0.29) is 30.5 Å². The Kier molecular flexibility index (Phi) is 10.1. The summed E-state index contributed by atoms with van der Waals surface area (Å²) in [6.45, 7) is 16.7. The topological polar surface area (TPSA) is 109 Å². The standard InChI is InChI=1S/C37H49NO7/c1-10-30-37(9)35(7,20-31(39)45-37)26(6)32(40)22(2)19-36(8,25(5)23(3)33(41)24(4)34(42)44-30)43-17-13-14-27-18-28-15-11-12-16-29(28)38-21-27/h11-16,18,21-26,30H,10,17,19-20H2,1-9H3/b14-13+/t22-,23-,24-,25-,26+,30-,35-,36-,37-/m1/s1. The Morgan fingerprint density at radius 3 is 2.38 bits per heavy atom. The van der Waals surface area contributed by atoms with Crippen molar-refractivity contribution in [3.05, 3.63) is 48.2 Å². The molecule has 45 heavy (non-hydrogen) atoms. The van der Waals surface area contributed by atoms with Crippen LogP contribution in [-0.2, 0) is 33.4 Å². The zero-order valence-corrected chi connectivity index (χ0v) is 28.2. The van der Waals surface area contributed by atoms with Gasteiger partial charge in [0.05, 0.1) is 24.1 Å². The second-order valence-electron chi connectivity index (χ2n) is 13.9. The molecule has 2 aliphatic rings. The van der Waals surface area contributed by atoms with Gasteiger partial charge in [0.1, 0.15) is 23.6 Å². The number of para-hydroxylation sites is 1. The minimum absolute atomic E-state index is 0.0209. The van der Waals surface area contributed by atoms with Gasteiger partial charge in [0.15, 0.2) is 5.60 Å². The highest BCUT2D eigenvalue weighted by Crippen LogP contribution is 2.54. The zero-order valence-electron chi connectivity index (χ0n) is 28.2. The molecular formula is C37H49NO7. The van der Waals surface area contributed by atoms with E-state index in [1.165, 1.54) is 0 Å². The zero-order chi connectivity index (χ0) is 33.3. The number of hydrogen-bond donors (Lipinski definition) is 0. The van der Waals surface area contributed by atoms with Crippen molar-refractivity contribution >= 4 is 40.5 Å². The number of ether oxygens (including phenoxy) is 3. The quantitative estimate of drug-likeness (QED) is 0.266. The molecule has 0 bridgehead atoms. The van der Waals surface area contributed by atoms with Crippen LogP contribution in [0.25, 0.3) is 17.0 Å². The molecule has 1 aromatic heterocycles. The number of cyclic esters (lactones) is 1. The molecule has 0 radical (unpaired) electrons. The SMILES string of the molecule is CC[C@H]1OC(=O)[C@H](C)C(=O)[C@H](C)[C@@H](C)[C@](C)(OC/C=C/c2cnc3ccccc3c2)C[C@@H](C)C(=O)[C@H](C)[C@@]2(C)CC(=O)O[C@]12C. The van der Waals surface area contributed by atoms with Crippen molar-refractivity contribution in [2.24, 2.45) is 35.0 Å². The molecule has 4 rings (SSSR count). The largest absolute Gasteiger partial charge is 0.458 e. The molecule has 8 nitrogen and oxygen atoms in total. The van der Waals surface area contributed by atoms with Crippen LogP contribution in [0.3, 0.4) is 0 Å². The number of ketones is 2. The fraction of sp³-hybridized carbons (Fsp3) is 0.595. The van der Waals surface area contributed by atoms with Crippen LogP contribution in [-0.4, -0.2) is 52.4 Å². The highest BCUT2D eigenvalue weighted by Gasteiger charge is 2.63. The molecule has 2 aliphatic heterocycles. The van der Waals surface area contributed by atoms with Crippen molar-refractivity contribution in [2.45, 2.75) is 98.9 Å². The Labute approximate surface area is 267 Å². The van der Waals surface area contributed by atoms with E-state index in [2.05, 4.69) is 11.1 Å². The molecule has 3 heterocycles. The van der Waals surface area contributed by atoms with Gasteiger partial charge in [-0.05, 0) is 57.2 Å². The average Bonchev–Trinajstić information content (AvgIpc) is 3.27. The number of pyridine rings is 1. The number of aromatic nitrogens is 1. The van der Waals surface area contributed by atoms with Crippen molar-refractivity contribution in [1.82, 2.24) is 4.98 Å². The summed E-state index contributed by atoms with van der Waals surface area (Å²) < 4.78 is 18.4. The summed E-state index contributed by atoms with van der Waals surface area (Å²) in [5.41, 5.74) is -1.20. The van der Waals surface area contributed by atoms with E-state index in [1.807, 2.05) is 91.1 Å². The summed E-state index contributed by atoms with van der Waals surface area (Å²) in [7, 11) is 0. The lowest BCUT2D eigenvalue weighted by Crippen LogP contribution is -2.57. The van der Waals surface area contributed by atoms with Crippen molar-refractivity contribution in [3.8, 4) is 0 Å². The summed E-state index contributed by atoms with van der Waals surface area (Å²) in [5.74, 6) is -4.28. The molecule has 9 atom stereocenters. The summed E-state index contributed by atoms with van der Waals surface area (Å²) in [6, 6.07) is 9.97. The van der Waals surface area contributed by atoms with E-state index >= 15 is 0 Å². The van der Waals surface area contributed by atoms with Gasteiger partial charge in [0.25, 0.3) is 0 Å². The summed E-state index contributed by atoms with van der Waals surface area (Å²) in [6.07, 6.45) is 5.61. The molecule has 0 N–H and O–H groups in total. The summed E-state index contributed by atoms with van der Waals surface area (Å²) >= 11 is 0. The summed E-state index contributed by atoms with van der Waals surface area (Å²) in [4.78, 5) is 58.6. The Bertz CT molecular complexity index is 1480. The first kappa shape index (κ1) is 34.5. The number of carbonyl (C=O) groups is 4. The normalized spacial score (nSPS) is 36.9. The highest BCUT2D eigenvalue weighted by molar-refractivity contribution is 6.00. The van der Waals surface area contributed by atoms with Crippen LogP contribution in [0.2, 0.25) is 0 Å². The molecule has 0 spiro atoms. The van der Waals surface area contributed by atoms with Crippen molar-refractivity contribution in [2.75, 3.05) is 6.61 Å². The second-order valence-corrected chi connectivity index (χ2v) is 13.9. The predicted octanol–water partition coefficient (Wildman–Crippen LogP) is 6.78. The molecule has 1 aromatic carbocycles. The minimum Gasteiger partial charge on any atom is -0.458 e. The van der Waals surface area contributed by atoms with Gasteiger partial charge < -0.3 is 14.2 Å². The Morgan fingerprint density at radius 2 is 1.69 bits per heavy atom. The number of carbonyl (C=O) groups excluding carboxylic acids is 4. The number of benzene rings is 1. The molecular weight excluding hydrogens is 570 g/mol. The van der Waals surface area contributed by atoms with Crippen LogP contribution in [0.15, 0.2) is 42.6 Å².